The molecule has 1 saturated heterocycles. The van der Waals surface area contributed by atoms with Gasteiger partial charge in [0.1, 0.15) is 5.82 Å². The SMILES string of the molecule is C=C(C)CN1CCC(NC(=O)c2ccc(F)cc2)CC1. The molecule has 1 amide bonds. The maximum Gasteiger partial charge on any atom is 0.251 e. The van der Waals surface area contributed by atoms with Crippen molar-refractivity contribution in [2.24, 2.45) is 0 Å². The number of hydrogen-bond donors (Lipinski definition) is 1. The molecule has 0 spiro atoms. The molecular weight excluding hydrogens is 255 g/mol. The third-order valence-corrected chi connectivity index (χ3v) is 3.52. The average Bonchev–Trinajstić information content (AvgIpc) is 2.41. The Balaban J connectivity index is 1.82. The van der Waals surface area contributed by atoms with Crippen LogP contribution in [0.15, 0.2) is 36.4 Å². The predicted molar refractivity (Wildman–Crippen MR) is 78.1 cm³/mol. The highest BCUT2D eigenvalue weighted by atomic mass is 19.1. The second-order valence-electron chi connectivity index (χ2n) is 5.49. The summed E-state index contributed by atoms with van der Waals surface area (Å²) < 4.78 is 12.8. The van der Waals surface area contributed by atoms with E-state index in [9.17, 15) is 9.18 Å². The van der Waals surface area contributed by atoms with Gasteiger partial charge in [-0.25, -0.2) is 4.39 Å². The van der Waals surface area contributed by atoms with Crippen molar-refractivity contribution in [1.82, 2.24) is 10.2 Å². The summed E-state index contributed by atoms with van der Waals surface area (Å²) in [5, 5.41) is 3.02. The van der Waals surface area contributed by atoms with E-state index in [1.165, 1.54) is 29.8 Å². The smallest absolute Gasteiger partial charge is 0.251 e. The van der Waals surface area contributed by atoms with Gasteiger partial charge in [0.05, 0.1) is 0 Å². The molecule has 1 aromatic carbocycles. The molecule has 0 bridgehead atoms. The quantitative estimate of drug-likeness (QED) is 0.857. The number of amides is 1. The fourth-order valence-electron chi connectivity index (χ4n) is 2.49. The molecule has 2 rings (SSSR count). The lowest BCUT2D eigenvalue weighted by Gasteiger charge is -2.32. The first kappa shape index (κ1) is 14.7. The molecule has 0 saturated carbocycles. The van der Waals surface area contributed by atoms with Gasteiger partial charge in [0.15, 0.2) is 0 Å². The second kappa shape index (κ2) is 6.66. The van der Waals surface area contributed by atoms with Crippen molar-refractivity contribution in [3.8, 4) is 0 Å². The van der Waals surface area contributed by atoms with Crippen molar-refractivity contribution < 1.29 is 9.18 Å². The minimum Gasteiger partial charge on any atom is -0.349 e. The van der Waals surface area contributed by atoms with Gasteiger partial charge in [0.25, 0.3) is 5.91 Å². The highest BCUT2D eigenvalue weighted by Gasteiger charge is 2.20. The van der Waals surface area contributed by atoms with E-state index in [1.807, 2.05) is 6.92 Å². The fraction of sp³-hybridized carbons (Fsp3) is 0.438. The first-order chi connectivity index (χ1) is 9.54. The average molecular weight is 276 g/mol. The van der Waals surface area contributed by atoms with Gasteiger partial charge in [0.2, 0.25) is 0 Å². The molecule has 0 radical (unpaired) electrons. The molecule has 1 N–H and O–H groups in total. The number of nitrogens with zero attached hydrogens (tertiary/aromatic N) is 1. The molecule has 108 valence electrons. The topological polar surface area (TPSA) is 32.3 Å². The summed E-state index contributed by atoms with van der Waals surface area (Å²) in [7, 11) is 0. The largest absolute Gasteiger partial charge is 0.349 e. The molecule has 3 nitrogen and oxygen atoms in total. The third-order valence-electron chi connectivity index (χ3n) is 3.52. The Labute approximate surface area is 119 Å². The lowest BCUT2D eigenvalue weighted by molar-refractivity contribution is 0.0913. The van der Waals surface area contributed by atoms with Gasteiger partial charge in [-0.1, -0.05) is 12.2 Å². The summed E-state index contributed by atoms with van der Waals surface area (Å²) in [6.07, 6.45) is 1.89. The molecule has 4 heteroatoms. The maximum absolute atomic E-state index is 12.8. The van der Waals surface area contributed by atoms with Gasteiger partial charge in [-0.2, -0.15) is 0 Å². The van der Waals surface area contributed by atoms with Crippen LogP contribution >= 0.6 is 0 Å². The van der Waals surface area contributed by atoms with Crippen LogP contribution in [0.2, 0.25) is 0 Å². The van der Waals surface area contributed by atoms with E-state index >= 15 is 0 Å². The molecule has 1 fully saturated rings. The summed E-state index contributed by atoms with van der Waals surface area (Å²) >= 11 is 0. The van der Waals surface area contributed by atoms with Crippen molar-refractivity contribution >= 4 is 5.91 Å². The summed E-state index contributed by atoms with van der Waals surface area (Å²) in [4.78, 5) is 14.4. The van der Waals surface area contributed by atoms with Gasteiger partial charge in [-0.15, -0.1) is 0 Å². The number of halogens is 1. The monoisotopic (exact) mass is 276 g/mol. The van der Waals surface area contributed by atoms with Gasteiger partial charge in [-0.05, 0) is 44.0 Å². The van der Waals surface area contributed by atoms with E-state index in [4.69, 9.17) is 0 Å². The van der Waals surface area contributed by atoms with E-state index in [-0.39, 0.29) is 17.8 Å². The molecule has 0 unspecified atom stereocenters. The minimum atomic E-state index is -0.324. The number of hydrogen-bond acceptors (Lipinski definition) is 2. The van der Waals surface area contributed by atoms with Crippen molar-refractivity contribution in [2.75, 3.05) is 19.6 Å². The van der Waals surface area contributed by atoms with Crippen molar-refractivity contribution in [1.29, 1.82) is 0 Å². The lowest BCUT2D eigenvalue weighted by atomic mass is 10.0. The predicted octanol–water partition coefficient (Wildman–Crippen LogP) is 2.60. The molecule has 20 heavy (non-hydrogen) atoms. The Kier molecular flexibility index (Phi) is 4.90. The zero-order chi connectivity index (χ0) is 14.5. The van der Waals surface area contributed by atoms with Crippen LogP contribution < -0.4 is 5.32 Å². The van der Waals surface area contributed by atoms with Crippen LogP contribution in [0.5, 0.6) is 0 Å². The molecule has 1 aliphatic rings. The van der Waals surface area contributed by atoms with Crippen molar-refractivity contribution in [3.05, 3.63) is 47.8 Å². The number of likely N-dealkylation sites (tertiary alicyclic amines) is 1. The molecule has 1 aliphatic heterocycles. The van der Waals surface area contributed by atoms with Gasteiger partial charge >= 0.3 is 0 Å². The molecule has 0 atom stereocenters. The van der Waals surface area contributed by atoms with Crippen LogP contribution in [-0.2, 0) is 0 Å². The van der Waals surface area contributed by atoms with Crippen LogP contribution in [0, 0.1) is 5.82 Å². The standard InChI is InChI=1S/C16H21FN2O/c1-12(2)11-19-9-7-15(8-10-19)18-16(20)13-3-5-14(17)6-4-13/h3-6,15H,1,7-11H2,2H3,(H,18,20). The Morgan fingerprint density at radius 2 is 1.95 bits per heavy atom. The maximum atomic E-state index is 12.8. The Morgan fingerprint density at radius 1 is 1.35 bits per heavy atom. The molecule has 0 aromatic heterocycles. The van der Waals surface area contributed by atoms with E-state index in [2.05, 4.69) is 16.8 Å². The normalized spacial score (nSPS) is 16.9. The third kappa shape index (κ3) is 4.17. The number of nitrogens with one attached hydrogen (secondary N) is 1. The minimum absolute atomic E-state index is 0.122. The van der Waals surface area contributed by atoms with Crippen LogP contribution in [0.1, 0.15) is 30.1 Å². The molecule has 0 aliphatic carbocycles. The number of carbonyl (C=O) groups excluding carboxylic acids is 1. The number of carbonyl (C=O) groups is 1. The number of benzene rings is 1. The Hall–Kier alpha value is -1.68. The fourth-order valence-corrected chi connectivity index (χ4v) is 2.49. The molecule has 1 aromatic rings. The highest BCUT2D eigenvalue weighted by molar-refractivity contribution is 5.94. The van der Waals surface area contributed by atoms with E-state index in [1.54, 1.807) is 0 Å². The van der Waals surface area contributed by atoms with E-state index in [0.29, 0.717) is 5.56 Å². The summed E-state index contributed by atoms with van der Waals surface area (Å²) in [5.74, 6) is -0.446. The zero-order valence-electron chi connectivity index (χ0n) is 11.9. The summed E-state index contributed by atoms with van der Waals surface area (Å²) in [6.45, 7) is 8.83. The first-order valence-corrected chi connectivity index (χ1v) is 6.98. The summed E-state index contributed by atoms with van der Waals surface area (Å²) in [6, 6.07) is 5.85. The van der Waals surface area contributed by atoms with Gasteiger partial charge in [-0.3, -0.25) is 9.69 Å². The highest BCUT2D eigenvalue weighted by Crippen LogP contribution is 2.12. The van der Waals surface area contributed by atoms with Crippen molar-refractivity contribution in [2.45, 2.75) is 25.8 Å². The Morgan fingerprint density at radius 3 is 2.50 bits per heavy atom. The molecular formula is C16H21FN2O. The van der Waals surface area contributed by atoms with Gasteiger partial charge < -0.3 is 5.32 Å². The number of rotatable bonds is 4. The zero-order valence-corrected chi connectivity index (χ0v) is 11.9. The van der Waals surface area contributed by atoms with Crippen LogP contribution in [0.3, 0.4) is 0 Å². The molecule has 1 heterocycles. The van der Waals surface area contributed by atoms with Crippen molar-refractivity contribution in [3.63, 3.8) is 0 Å². The van der Waals surface area contributed by atoms with E-state index in [0.717, 1.165) is 32.5 Å². The van der Waals surface area contributed by atoms with Crippen LogP contribution in [-0.4, -0.2) is 36.5 Å². The summed E-state index contributed by atoms with van der Waals surface area (Å²) in [5.41, 5.74) is 1.68. The van der Waals surface area contributed by atoms with E-state index < -0.39 is 0 Å². The second-order valence-corrected chi connectivity index (χ2v) is 5.49. The van der Waals surface area contributed by atoms with Crippen LogP contribution in [0.4, 0.5) is 4.39 Å². The van der Waals surface area contributed by atoms with Gasteiger partial charge in [0, 0.05) is 31.2 Å². The first-order valence-electron chi connectivity index (χ1n) is 6.98. The lowest BCUT2D eigenvalue weighted by Crippen LogP contribution is -2.44. The number of piperidine rings is 1. The van der Waals surface area contributed by atoms with Crippen LogP contribution in [0.25, 0.3) is 0 Å². The Bertz CT molecular complexity index is 476.